The number of rotatable bonds is 12. The van der Waals surface area contributed by atoms with E-state index in [0.717, 1.165) is 8.23 Å². The highest BCUT2D eigenvalue weighted by atomic mass is 28.5. The summed E-state index contributed by atoms with van der Waals surface area (Å²) in [6.45, 7) is 0. The van der Waals surface area contributed by atoms with Gasteiger partial charge in [-0.25, -0.2) is 4.11 Å². The van der Waals surface area contributed by atoms with Crippen LogP contribution in [0.4, 0.5) is 167 Å². The quantitative estimate of drug-likeness (QED) is 0.110. The first-order valence-electron chi connectivity index (χ1n) is 11.7. The molecule has 0 heterocycles. The molecule has 58 heavy (non-hydrogen) atoms. The average Bonchev–Trinajstić information content (AvgIpc) is 2.88. The van der Waals surface area contributed by atoms with Crippen LogP contribution in [-0.4, -0.2) is 114 Å². The van der Waals surface area contributed by atoms with E-state index in [1.165, 1.54) is 0 Å². The molecule has 0 N–H and O–H groups in total. The second-order valence-corrected chi connectivity index (χ2v) is 19.6. The zero-order valence-electron chi connectivity index (χ0n) is 24.2. The van der Waals surface area contributed by atoms with E-state index in [2.05, 4.69) is 0 Å². The van der Waals surface area contributed by atoms with Crippen LogP contribution in [0.15, 0.2) is 0 Å². The molecular formula is C15F38O2Si3. The molecule has 0 aliphatic carbocycles. The number of halogens is 38. The molecule has 0 aliphatic heterocycles. The van der Waals surface area contributed by atoms with E-state index in [9.17, 15) is 162 Å². The Balaban J connectivity index is 9.07. The van der Waals surface area contributed by atoms with Gasteiger partial charge in [-0.3, -0.25) is 0 Å². The second kappa shape index (κ2) is 13.7. The fourth-order valence-corrected chi connectivity index (χ4v) is 13.4. The fraction of sp³-hybridized carbons (Fsp3) is 1.00. The predicted octanol–water partition coefficient (Wildman–Crippen LogP) is 11.6. The van der Waals surface area contributed by atoms with Crippen molar-refractivity contribution in [1.82, 2.24) is 0 Å². The molecule has 0 atom stereocenters. The molecule has 2 nitrogen and oxygen atoms in total. The smallest absolute Gasteiger partial charge is 0.389 e. The summed E-state index contributed by atoms with van der Waals surface area (Å²) in [6.07, 6.45) is -8.56. The topological polar surface area (TPSA) is 18.5 Å². The third-order valence-corrected chi connectivity index (χ3v) is 16.9. The van der Waals surface area contributed by atoms with E-state index in [4.69, 9.17) is 0 Å². The Bertz CT molecular complexity index is 1340. The summed E-state index contributed by atoms with van der Waals surface area (Å²) in [7, 11) is -37.0. The Hall–Kier alpha value is -2.09. The Morgan fingerprint density at radius 3 is 0.534 bits per heavy atom. The molecule has 0 aromatic carbocycles. The van der Waals surface area contributed by atoms with Crippen molar-refractivity contribution in [1.29, 1.82) is 0 Å². The first kappa shape index (κ1) is 55.9. The summed E-state index contributed by atoms with van der Waals surface area (Å²) in [5.41, 5.74) is -10.7. The van der Waals surface area contributed by atoms with Crippen LogP contribution in [0.3, 0.4) is 0 Å². The highest BCUT2D eigenvalue weighted by Crippen LogP contribution is 2.67. The molecule has 0 bridgehead atoms. The van der Waals surface area contributed by atoms with Gasteiger partial charge in [0.15, 0.2) is 0 Å². The number of alkyl halides is 37. The Kier molecular flexibility index (Phi) is 13.2. The van der Waals surface area contributed by atoms with Gasteiger partial charge in [-0.2, -0.15) is 162 Å². The number of hydrogen-bond donors (Lipinski definition) is 0. The SMILES string of the molecule is FC(F)(F)C(F)(F)C(F)(F)C(F)(F)C(F)(F)C(F)(F)C(F)(F)C(F)(F)C(F)(F)[Si](F)(O[Si](C(F)(F)F)(C(F)(F)F)C(F)(F)F)O[Si](C(F)(F)F)(C(F)(F)F)C(F)(F)F. The minimum absolute atomic E-state index is 0.769. The first-order chi connectivity index (χ1) is 24.2. The van der Waals surface area contributed by atoms with Crippen LogP contribution >= 0.6 is 0 Å². The lowest BCUT2D eigenvalue weighted by atomic mass is 9.89. The summed E-state index contributed by atoms with van der Waals surface area (Å²) in [4.78, 5) is 0. The molecule has 0 unspecified atom stereocenters. The van der Waals surface area contributed by atoms with E-state index in [1.54, 1.807) is 0 Å². The molecule has 0 aromatic heterocycles. The lowest BCUT2D eigenvalue weighted by molar-refractivity contribution is -0.467. The normalized spacial score (nSPS) is 17.3. The molecule has 0 fully saturated rings. The monoisotopic (exact) mass is 1020 g/mol. The molecule has 0 spiro atoms. The fourth-order valence-electron chi connectivity index (χ4n) is 3.40. The van der Waals surface area contributed by atoms with Gasteiger partial charge in [0.2, 0.25) is 0 Å². The molecule has 0 rings (SSSR count). The van der Waals surface area contributed by atoms with E-state index >= 15 is 4.11 Å². The molecule has 0 aliphatic rings. The van der Waals surface area contributed by atoms with Gasteiger partial charge in [0, 0.05) is 0 Å². The van der Waals surface area contributed by atoms with Crippen molar-refractivity contribution in [3.63, 3.8) is 0 Å². The van der Waals surface area contributed by atoms with Crippen molar-refractivity contribution in [3.8, 4) is 0 Å². The van der Waals surface area contributed by atoms with Crippen LogP contribution in [0.25, 0.3) is 0 Å². The lowest BCUT2D eigenvalue weighted by Crippen LogP contribution is -2.86. The summed E-state index contributed by atoms with van der Waals surface area (Å²) in [6, 6.07) is 0. The Labute approximate surface area is 289 Å². The summed E-state index contributed by atoms with van der Waals surface area (Å²) in [5, 5.41) is 0. The van der Waals surface area contributed by atoms with Crippen LogP contribution in [0.1, 0.15) is 0 Å². The molecule has 0 saturated heterocycles. The largest absolute Gasteiger partial charge is 0.600 e. The van der Waals surface area contributed by atoms with E-state index < -0.39 is 114 Å². The lowest BCUT2D eigenvalue weighted by Gasteiger charge is -2.47. The third kappa shape index (κ3) is 7.19. The molecule has 43 heteroatoms. The molecule has 0 radical (unpaired) electrons. The molecule has 0 amide bonds. The van der Waals surface area contributed by atoms with Gasteiger partial charge in [0.05, 0.1) is 0 Å². The van der Waals surface area contributed by atoms with Crippen LogP contribution < -0.4 is 0 Å². The van der Waals surface area contributed by atoms with Gasteiger partial charge in [0.1, 0.15) is 0 Å². The standard InChI is InChI=1S/C15F38O2Si3/c16-1(17,2(18,19)4(22,23)6(26,27)8(30,31)32)3(20,21)5(24,25)7(28,29)9(33,34)58(53,54-56(10(35,36)37,11(38,39)40)12(41,42)43)55-57(13(44,45)46,14(47,48)49)15(50,51)52. The van der Waals surface area contributed by atoms with E-state index in [-0.39, 0.29) is 0 Å². The highest BCUT2D eigenvalue weighted by molar-refractivity contribution is 6.92. The maximum atomic E-state index is 15.4. The van der Waals surface area contributed by atoms with Crippen molar-refractivity contribution in [3.05, 3.63) is 0 Å². The summed E-state index contributed by atoms with van der Waals surface area (Å²) in [5.74, 6) is -126. The van der Waals surface area contributed by atoms with Crippen molar-refractivity contribution in [2.24, 2.45) is 0 Å². The Morgan fingerprint density at radius 1 is 0.224 bits per heavy atom. The van der Waals surface area contributed by atoms with Gasteiger partial charge in [-0.1, -0.05) is 0 Å². The minimum atomic E-state index is -12.9. The molecule has 350 valence electrons. The highest BCUT2D eigenvalue weighted by Gasteiger charge is 3.03. The van der Waals surface area contributed by atoms with Gasteiger partial charge >= 0.3 is 114 Å². The van der Waals surface area contributed by atoms with E-state index in [0.29, 0.717) is 0 Å². The maximum Gasteiger partial charge on any atom is 0.600 e. The maximum absolute atomic E-state index is 15.4. The van der Waals surface area contributed by atoms with Crippen LogP contribution in [-0.2, 0) is 8.23 Å². The molecular weight excluding hydrogens is 1020 g/mol. The van der Waals surface area contributed by atoms with Crippen LogP contribution in [0, 0.1) is 0 Å². The van der Waals surface area contributed by atoms with Gasteiger partial charge in [-0.05, 0) is 0 Å². The number of hydrogen-bond acceptors (Lipinski definition) is 2. The van der Waals surface area contributed by atoms with Crippen molar-refractivity contribution in [2.45, 2.75) is 88.0 Å². The van der Waals surface area contributed by atoms with Gasteiger partial charge in [-0.15, -0.1) is 0 Å². The second-order valence-electron chi connectivity index (χ2n) is 10.2. The predicted molar refractivity (Wildman–Crippen MR) is 103 cm³/mol. The zero-order chi connectivity index (χ0) is 48.4. The van der Waals surface area contributed by atoms with Crippen LogP contribution in [0.5, 0.6) is 0 Å². The van der Waals surface area contributed by atoms with Crippen molar-refractivity contribution < 1.29 is 175 Å². The molecule has 0 saturated carbocycles. The molecule has 0 aromatic rings. The zero-order valence-corrected chi connectivity index (χ0v) is 27.2. The summed E-state index contributed by atoms with van der Waals surface area (Å²) >= 11 is 0. The first-order valence-corrected chi connectivity index (χ1v) is 17.3. The third-order valence-electron chi connectivity index (χ3n) is 6.46. The van der Waals surface area contributed by atoms with E-state index in [1.807, 2.05) is 0 Å². The average molecular weight is 1020 g/mol. The Morgan fingerprint density at radius 2 is 0.379 bits per heavy atom. The van der Waals surface area contributed by atoms with Gasteiger partial charge in [0.25, 0.3) is 0 Å². The summed E-state index contributed by atoms with van der Waals surface area (Å²) < 4.78 is 514. The van der Waals surface area contributed by atoms with Crippen LogP contribution in [0.2, 0.25) is 0 Å². The van der Waals surface area contributed by atoms with Gasteiger partial charge < -0.3 is 8.23 Å². The van der Waals surface area contributed by atoms with Crippen molar-refractivity contribution >= 4 is 25.5 Å². The minimum Gasteiger partial charge on any atom is -0.389 e. The van der Waals surface area contributed by atoms with Crippen molar-refractivity contribution in [2.75, 3.05) is 0 Å².